The molecule has 32 heavy (non-hydrogen) atoms. The Labute approximate surface area is 196 Å². The highest BCUT2D eigenvalue weighted by molar-refractivity contribution is 7.98. The summed E-state index contributed by atoms with van der Waals surface area (Å²) in [7, 11) is 0. The van der Waals surface area contributed by atoms with Crippen LogP contribution in [0.25, 0.3) is 33.5 Å². The Morgan fingerprint density at radius 1 is 0.875 bits per heavy atom. The van der Waals surface area contributed by atoms with Crippen LogP contribution < -0.4 is 0 Å². The molecule has 5 rings (SSSR count). The van der Waals surface area contributed by atoms with Crippen molar-refractivity contribution in [3.8, 4) is 22.6 Å². The maximum Gasteiger partial charge on any atom is 0.191 e. The molecule has 0 unspecified atom stereocenters. The van der Waals surface area contributed by atoms with Crippen LogP contribution in [-0.4, -0.2) is 19.7 Å². The lowest BCUT2D eigenvalue weighted by atomic mass is 10.0. The molecule has 4 nitrogen and oxygen atoms in total. The standard InChI is InChI=1S/C26H21ClN4S/c1-2-31-25(29-30-26(31)32-17-19-12-6-8-14-22(19)27)21-16-24(18-10-4-3-5-11-18)28-23-15-9-7-13-20(21)23/h3-16H,2,17H2,1H3. The lowest BCUT2D eigenvalue weighted by Gasteiger charge is -2.12. The second kappa shape index (κ2) is 9.15. The molecule has 0 aliphatic carbocycles. The fourth-order valence-electron chi connectivity index (χ4n) is 3.75. The quantitative estimate of drug-likeness (QED) is 0.255. The summed E-state index contributed by atoms with van der Waals surface area (Å²) in [5, 5.41) is 11.9. The number of benzene rings is 3. The molecule has 0 bridgehead atoms. The second-order valence-electron chi connectivity index (χ2n) is 7.37. The van der Waals surface area contributed by atoms with Crippen molar-refractivity contribution in [2.45, 2.75) is 24.4 Å². The van der Waals surface area contributed by atoms with Crippen molar-refractivity contribution >= 4 is 34.3 Å². The van der Waals surface area contributed by atoms with Crippen molar-refractivity contribution in [1.82, 2.24) is 19.7 Å². The van der Waals surface area contributed by atoms with Crippen molar-refractivity contribution in [2.75, 3.05) is 0 Å². The van der Waals surface area contributed by atoms with Crippen LogP contribution in [0.2, 0.25) is 5.02 Å². The summed E-state index contributed by atoms with van der Waals surface area (Å²) in [6.45, 7) is 2.89. The summed E-state index contributed by atoms with van der Waals surface area (Å²) < 4.78 is 2.16. The van der Waals surface area contributed by atoms with Crippen LogP contribution in [0.15, 0.2) is 90.1 Å². The summed E-state index contributed by atoms with van der Waals surface area (Å²) >= 11 is 7.99. The van der Waals surface area contributed by atoms with E-state index in [0.717, 1.165) is 61.6 Å². The third kappa shape index (κ3) is 4.01. The summed E-state index contributed by atoms with van der Waals surface area (Å²) in [4.78, 5) is 4.90. The zero-order valence-electron chi connectivity index (χ0n) is 17.6. The Hall–Kier alpha value is -3.15. The van der Waals surface area contributed by atoms with Gasteiger partial charge in [-0.2, -0.15) is 0 Å². The van der Waals surface area contributed by atoms with Crippen LogP contribution in [0.1, 0.15) is 12.5 Å². The van der Waals surface area contributed by atoms with Gasteiger partial charge in [0.05, 0.1) is 11.2 Å². The Bertz CT molecular complexity index is 1380. The predicted molar refractivity (Wildman–Crippen MR) is 133 cm³/mol. The minimum atomic E-state index is 0.740. The van der Waals surface area contributed by atoms with Crippen molar-refractivity contribution in [1.29, 1.82) is 0 Å². The fraction of sp³-hybridized carbons (Fsp3) is 0.115. The fourth-order valence-corrected chi connectivity index (χ4v) is 5.04. The summed E-state index contributed by atoms with van der Waals surface area (Å²) in [6, 6.07) is 28.5. The van der Waals surface area contributed by atoms with Crippen LogP contribution in [0.4, 0.5) is 0 Å². The molecule has 0 amide bonds. The van der Waals surface area contributed by atoms with Crippen LogP contribution in [0.3, 0.4) is 0 Å². The number of rotatable bonds is 6. The molecule has 6 heteroatoms. The van der Waals surface area contributed by atoms with E-state index in [1.165, 1.54) is 0 Å². The highest BCUT2D eigenvalue weighted by atomic mass is 35.5. The first-order valence-electron chi connectivity index (χ1n) is 10.5. The molecule has 5 aromatic rings. The van der Waals surface area contributed by atoms with Crippen molar-refractivity contribution in [3.63, 3.8) is 0 Å². The Kier molecular flexibility index (Phi) is 5.93. The lowest BCUT2D eigenvalue weighted by Crippen LogP contribution is -2.01. The number of hydrogen-bond acceptors (Lipinski definition) is 4. The molecule has 3 aromatic carbocycles. The number of pyridine rings is 1. The van der Waals surface area contributed by atoms with Gasteiger partial charge in [-0.25, -0.2) is 4.98 Å². The normalized spacial score (nSPS) is 11.2. The number of nitrogens with zero attached hydrogens (tertiary/aromatic N) is 4. The van der Waals surface area contributed by atoms with Gasteiger partial charge in [0.15, 0.2) is 11.0 Å². The van der Waals surface area contributed by atoms with E-state index in [-0.39, 0.29) is 0 Å². The van der Waals surface area contributed by atoms with E-state index in [4.69, 9.17) is 16.6 Å². The van der Waals surface area contributed by atoms with Gasteiger partial charge < -0.3 is 4.57 Å². The highest BCUT2D eigenvalue weighted by Crippen LogP contribution is 2.34. The van der Waals surface area contributed by atoms with Crippen molar-refractivity contribution in [3.05, 3.63) is 95.5 Å². The number of para-hydroxylation sites is 1. The average molecular weight is 457 g/mol. The zero-order chi connectivity index (χ0) is 21.9. The SMILES string of the molecule is CCn1c(SCc2ccccc2Cl)nnc1-c1cc(-c2ccccc2)nc2ccccc12. The van der Waals surface area contributed by atoms with Gasteiger partial charge in [0, 0.05) is 33.8 Å². The van der Waals surface area contributed by atoms with Gasteiger partial charge in [0.2, 0.25) is 0 Å². The minimum absolute atomic E-state index is 0.740. The van der Waals surface area contributed by atoms with E-state index in [1.807, 2.05) is 60.7 Å². The minimum Gasteiger partial charge on any atom is -0.302 e. The topological polar surface area (TPSA) is 43.6 Å². The van der Waals surface area contributed by atoms with Crippen LogP contribution in [0.5, 0.6) is 0 Å². The van der Waals surface area contributed by atoms with Crippen molar-refractivity contribution in [2.24, 2.45) is 0 Å². The van der Waals surface area contributed by atoms with E-state index >= 15 is 0 Å². The molecule has 0 aliphatic heterocycles. The number of aromatic nitrogens is 4. The van der Waals surface area contributed by atoms with Crippen LogP contribution >= 0.6 is 23.4 Å². The molecule has 0 aliphatic rings. The lowest BCUT2D eigenvalue weighted by molar-refractivity contribution is 0.687. The zero-order valence-corrected chi connectivity index (χ0v) is 19.1. The number of halogens is 1. The molecule has 0 spiro atoms. The monoisotopic (exact) mass is 456 g/mol. The number of hydrogen-bond donors (Lipinski definition) is 0. The van der Waals surface area contributed by atoms with Gasteiger partial charge in [-0.1, -0.05) is 90.1 Å². The summed E-state index contributed by atoms with van der Waals surface area (Å²) in [5.74, 6) is 1.59. The van der Waals surface area contributed by atoms with E-state index in [9.17, 15) is 0 Å². The van der Waals surface area contributed by atoms with Gasteiger partial charge in [0.25, 0.3) is 0 Å². The van der Waals surface area contributed by atoms with Gasteiger partial charge in [0.1, 0.15) is 0 Å². The largest absolute Gasteiger partial charge is 0.302 e. The van der Waals surface area contributed by atoms with Crippen LogP contribution in [-0.2, 0) is 12.3 Å². The summed E-state index contributed by atoms with van der Waals surface area (Å²) in [6.07, 6.45) is 0. The number of thioether (sulfide) groups is 1. The molecule has 0 saturated heterocycles. The Morgan fingerprint density at radius 2 is 1.62 bits per heavy atom. The first kappa shape index (κ1) is 20.7. The van der Waals surface area contributed by atoms with Gasteiger partial charge in [-0.15, -0.1) is 10.2 Å². The van der Waals surface area contributed by atoms with Crippen molar-refractivity contribution < 1.29 is 0 Å². The first-order chi connectivity index (χ1) is 15.7. The van der Waals surface area contributed by atoms with E-state index < -0.39 is 0 Å². The third-order valence-corrected chi connectivity index (χ3v) is 6.76. The second-order valence-corrected chi connectivity index (χ2v) is 8.72. The molecule has 2 heterocycles. The molecule has 0 atom stereocenters. The third-order valence-electron chi connectivity index (χ3n) is 5.37. The van der Waals surface area contributed by atoms with Crippen LogP contribution in [0, 0.1) is 0 Å². The Morgan fingerprint density at radius 3 is 2.44 bits per heavy atom. The molecule has 0 radical (unpaired) electrons. The molecular formula is C26H21ClN4S. The van der Waals surface area contributed by atoms with Gasteiger partial charge in [-0.3, -0.25) is 0 Å². The smallest absolute Gasteiger partial charge is 0.191 e. The number of fused-ring (bicyclic) bond motifs is 1. The maximum absolute atomic E-state index is 6.34. The van der Waals surface area contributed by atoms with E-state index in [0.29, 0.717) is 0 Å². The summed E-state index contributed by atoms with van der Waals surface area (Å²) in [5.41, 5.74) is 5.07. The predicted octanol–water partition coefficient (Wildman–Crippen LogP) is 7.13. The van der Waals surface area contributed by atoms with Gasteiger partial charge in [-0.05, 0) is 30.7 Å². The molecular weight excluding hydrogens is 436 g/mol. The average Bonchev–Trinajstić information content (AvgIpc) is 3.26. The Balaban J connectivity index is 1.59. The molecule has 0 fully saturated rings. The maximum atomic E-state index is 6.34. The van der Waals surface area contributed by atoms with Gasteiger partial charge >= 0.3 is 0 Å². The van der Waals surface area contributed by atoms with E-state index in [2.05, 4.69) is 46.0 Å². The highest BCUT2D eigenvalue weighted by Gasteiger charge is 2.18. The molecule has 2 aromatic heterocycles. The first-order valence-corrected chi connectivity index (χ1v) is 11.9. The molecule has 0 saturated carbocycles. The molecule has 0 N–H and O–H groups in total. The molecule has 158 valence electrons. The van der Waals surface area contributed by atoms with E-state index in [1.54, 1.807) is 11.8 Å².